The molecule has 1 aliphatic rings. The number of amides is 2. The average molecular weight is 479 g/mol. The lowest BCUT2D eigenvalue weighted by Crippen LogP contribution is -2.53. The van der Waals surface area contributed by atoms with Crippen LogP contribution in [-0.2, 0) is 16.1 Å². The summed E-state index contributed by atoms with van der Waals surface area (Å²) >= 11 is 0. The molecular formula is C26H34N6O3. The SMILES string of the molecule is Cc1ccc(N(C(=O)Cn2nnc(-c3ccc(C)o3)n2)[C@H](CC(C)C)C(=O)NC2CCCC2)cc1. The number of nitrogens with one attached hydrogen (secondary N) is 1. The summed E-state index contributed by atoms with van der Waals surface area (Å²) in [5.41, 5.74) is 1.75. The van der Waals surface area contributed by atoms with Crippen molar-refractivity contribution in [2.24, 2.45) is 5.92 Å². The Kier molecular flexibility index (Phi) is 7.63. The van der Waals surface area contributed by atoms with Gasteiger partial charge in [-0.1, -0.05) is 44.4 Å². The first kappa shape index (κ1) is 24.6. The lowest BCUT2D eigenvalue weighted by atomic mass is 9.99. The van der Waals surface area contributed by atoms with Crippen molar-refractivity contribution in [3.63, 3.8) is 0 Å². The molecule has 1 saturated carbocycles. The van der Waals surface area contributed by atoms with Crippen molar-refractivity contribution in [2.45, 2.75) is 78.4 Å². The Bertz CT molecular complexity index is 1140. The van der Waals surface area contributed by atoms with Crippen LogP contribution in [0, 0.1) is 19.8 Å². The van der Waals surface area contributed by atoms with Gasteiger partial charge in [0.1, 0.15) is 18.3 Å². The highest BCUT2D eigenvalue weighted by Gasteiger charge is 2.33. The van der Waals surface area contributed by atoms with Gasteiger partial charge >= 0.3 is 0 Å². The molecule has 0 radical (unpaired) electrons. The van der Waals surface area contributed by atoms with Crippen LogP contribution in [0.5, 0.6) is 0 Å². The number of benzene rings is 1. The van der Waals surface area contributed by atoms with Crippen molar-refractivity contribution in [1.29, 1.82) is 0 Å². The quantitative estimate of drug-likeness (QED) is 0.497. The fourth-order valence-corrected chi connectivity index (χ4v) is 4.51. The molecule has 2 heterocycles. The van der Waals surface area contributed by atoms with Crippen LogP contribution in [0.15, 0.2) is 40.8 Å². The van der Waals surface area contributed by atoms with Crippen LogP contribution < -0.4 is 10.2 Å². The Morgan fingerprint density at radius 1 is 1.11 bits per heavy atom. The van der Waals surface area contributed by atoms with Crippen LogP contribution in [0.25, 0.3) is 11.6 Å². The van der Waals surface area contributed by atoms with Gasteiger partial charge in [-0.3, -0.25) is 14.5 Å². The standard InChI is InChI=1S/C26H34N6O3/c1-17(2)15-22(26(34)27-20-7-5-6-8-20)32(21-12-9-18(3)10-13-21)24(33)16-31-29-25(28-30-31)23-14-11-19(4)35-23/h9-14,17,20,22H,5-8,15-16H2,1-4H3,(H,27,34)/t22-/m1/s1. The first-order chi connectivity index (χ1) is 16.8. The van der Waals surface area contributed by atoms with E-state index in [9.17, 15) is 9.59 Å². The minimum Gasteiger partial charge on any atom is -0.458 e. The Balaban J connectivity index is 1.61. The summed E-state index contributed by atoms with van der Waals surface area (Å²) in [6.45, 7) is 7.80. The molecule has 0 aliphatic heterocycles. The van der Waals surface area contributed by atoms with Gasteiger partial charge in [0.25, 0.3) is 5.91 Å². The molecular weight excluding hydrogens is 444 g/mol. The highest BCUT2D eigenvalue weighted by atomic mass is 16.3. The fourth-order valence-electron chi connectivity index (χ4n) is 4.51. The predicted molar refractivity (Wildman–Crippen MR) is 133 cm³/mol. The molecule has 186 valence electrons. The molecule has 0 spiro atoms. The van der Waals surface area contributed by atoms with Crippen molar-refractivity contribution in [3.8, 4) is 11.6 Å². The van der Waals surface area contributed by atoms with Crippen molar-refractivity contribution in [3.05, 3.63) is 47.7 Å². The van der Waals surface area contributed by atoms with Gasteiger partial charge in [-0.15, -0.1) is 10.2 Å². The maximum Gasteiger partial charge on any atom is 0.251 e. The molecule has 1 aromatic carbocycles. The van der Waals surface area contributed by atoms with Crippen LogP contribution in [0.4, 0.5) is 5.69 Å². The summed E-state index contributed by atoms with van der Waals surface area (Å²) < 4.78 is 5.57. The zero-order chi connectivity index (χ0) is 24.9. The van der Waals surface area contributed by atoms with Crippen LogP contribution in [-0.4, -0.2) is 44.1 Å². The first-order valence-corrected chi connectivity index (χ1v) is 12.3. The van der Waals surface area contributed by atoms with Crippen LogP contribution in [0.3, 0.4) is 0 Å². The molecule has 4 rings (SSSR count). The summed E-state index contributed by atoms with van der Waals surface area (Å²) in [7, 11) is 0. The van der Waals surface area contributed by atoms with E-state index in [-0.39, 0.29) is 30.3 Å². The summed E-state index contributed by atoms with van der Waals surface area (Å²) in [4.78, 5) is 30.1. The first-order valence-electron chi connectivity index (χ1n) is 12.3. The second-order valence-corrected chi connectivity index (χ2v) is 9.79. The van der Waals surface area contributed by atoms with E-state index in [1.165, 1.54) is 4.80 Å². The van der Waals surface area contributed by atoms with E-state index in [2.05, 4.69) is 34.6 Å². The molecule has 3 aromatic rings. The normalized spacial score (nSPS) is 14.9. The topological polar surface area (TPSA) is 106 Å². The largest absolute Gasteiger partial charge is 0.458 e. The zero-order valence-electron chi connectivity index (χ0n) is 20.9. The van der Waals surface area contributed by atoms with Gasteiger partial charge in [0.05, 0.1) is 0 Å². The molecule has 0 bridgehead atoms. The number of rotatable bonds is 9. The maximum atomic E-state index is 13.7. The number of hydrogen-bond acceptors (Lipinski definition) is 6. The van der Waals surface area contributed by atoms with Crippen LogP contribution in [0.2, 0.25) is 0 Å². The highest BCUT2D eigenvalue weighted by Crippen LogP contribution is 2.25. The molecule has 1 aliphatic carbocycles. The number of carbonyl (C=O) groups is 2. The summed E-state index contributed by atoms with van der Waals surface area (Å²) in [6.07, 6.45) is 4.75. The van der Waals surface area contributed by atoms with Crippen molar-refractivity contribution >= 4 is 17.5 Å². The van der Waals surface area contributed by atoms with E-state index in [0.29, 0.717) is 23.7 Å². The lowest BCUT2D eigenvalue weighted by Gasteiger charge is -2.33. The molecule has 2 aromatic heterocycles. The average Bonchev–Trinajstić information content (AvgIpc) is 3.57. The zero-order valence-corrected chi connectivity index (χ0v) is 20.9. The number of tetrazole rings is 1. The predicted octanol–water partition coefficient (Wildman–Crippen LogP) is 4.06. The van der Waals surface area contributed by atoms with Gasteiger partial charge in [0.15, 0.2) is 5.76 Å². The molecule has 1 N–H and O–H groups in total. The van der Waals surface area contributed by atoms with Gasteiger partial charge in [0.2, 0.25) is 11.7 Å². The number of carbonyl (C=O) groups excluding carboxylic acids is 2. The number of aromatic nitrogens is 4. The van der Waals surface area contributed by atoms with Gasteiger partial charge in [0, 0.05) is 11.7 Å². The molecule has 0 unspecified atom stereocenters. The third-order valence-electron chi connectivity index (χ3n) is 6.28. The molecule has 1 atom stereocenters. The van der Waals surface area contributed by atoms with E-state index in [0.717, 1.165) is 37.0 Å². The number of furan rings is 1. The Morgan fingerprint density at radius 3 is 2.46 bits per heavy atom. The van der Waals surface area contributed by atoms with Gasteiger partial charge < -0.3 is 9.73 Å². The minimum absolute atomic E-state index is 0.113. The highest BCUT2D eigenvalue weighted by molar-refractivity contribution is 6.00. The van der Waals surface area contributed by atoms with Gasteiger partial charge in [-0.05, 0) is 68.5 Å². The number of anilines is 1. The maximum absolute atomic E-state index is 13.7. The molecule has 9 nitrogen and oxygen atoms in total. The Labute approximate surface area is 205 Å². The van der Waals surface area contributed by atoms with E-state index in [4.69, 9.17) is 4.42 Å². The van der Waals surface area contributed by atoms with E-state index >= 15 is 0 Å². The van der Waals surface area contributed by atoms with Crippen molar-refractivity contribution in [2.75, 3.05) is 4.90 Å². The van der Waals surface area contributed by atoms with Crippen LogP contribution in [0.1, 0.15) is 57.3 Å². The fraction of sp³-hybridized carbons (Fsp3) is 0.500. The third-order valence-corrected chi connectivity index (χ3v) is 6.28. The summed E-state index contributed by atoms with van der Waals surface area (Å²) in [5.74, 6) is 1.37. The van der Waals surface area contributed by atoms with Crippen molar-refractivity contribution in [1.82, 2.24) is 25.5 Å². The molecule has 2 amide bonds. The van der Waals surface area contributed by atoms with E-state index in [1.807, 2.05) is 44.2 Å². The molecule has 9 heteroatoms. The van der Waals surface area contributed by atoms with E-state index in [1.54, 1.807) is 11.0 Å². The minimum atomic E-state index is -0.637. The second kappa shape index (κ2) is 10.8. The molecule has 35 heavy (non-hydrogen) atoms. The summed E-state index contributed by atoms with van der Waals surface area (Å²) in [6, 6.07) is 10.8. The number of nitrogens with zero attached hydrogens (tertiary/aromatic N) is 5. The summed E-state index contributed by atoms with van der Waals surface area (Å²) in [5, 5.41) is 15.6. The van der Waals surface area contributed by atoms with Gasteiger partial charge in [-0.25, -0.2) is 0 Å². The van der Waals surface area contributed by atoms with Crippen LogP contribution >= 0.6 is 0 Å². The number of aryl methyl sites for hydroxylation is 2. The van der Waals surface area contributed by atoms with Crippen molar-refractivity contribution < 1.29 is 14.0 Å². The Hall–Kier alpha value is -3.49. The number of hydrogen-bond donors (Lipinski definition) is 1. The Morgan fingerprint density at radius 2 is 1.83 bits per heavy atom. The smallest absolute Gasteiger partial charge is 0.251 e. The third kappa shape index (κ3) is 6.15. The molecule has 0 saturated heterocycles. The molecule has 1 fully saturated rings. The lowest BCUT2D eigenvalue weighted by molar-refractivity contribution is -0.127. The van der Waals surface area contributed by atoms with Gasteiger partial charge in [-0.2, -0.15) is 4.80 Å². The second-order valence-electron chi connectivity index (χ2n) is 9.79. The van der Waals surface area contributed by atoms with E-state index < -0.39 is 6.04 Å². The monoisotopic (exact) mass is 478 g/mol.